The number of nitrogens with zero attached hydrogens (tertiary/aromatic N) is 1. The molecule has 0 saturated carbocycles. The molecule has 2 unspecified atom stereocenters. The first-order valence-electron chi connectivity index (χ1n) is 8.16. The van der Waals surface area contributed by atoms with Crippen LogP contribution in [0.3, 0.4) is 0 Å². The molecule has 1 aromatic rings. The first kappa shape index (κ1) is 15.5. The molecule has 2 atom stereocenters. The summed E-state index contributed by atoms with van der Waals surface area (Å²) in [6, 6.07) is 12.2. The lowest BCUT2D eigenvalue weighted by atomic mass is 10.00. The van der Waals surface area contributed by atoms with Gasteiger partial charge in [-0.15, -0.1) is 0 Å². The number of benzene rings is 1. The SMILES string of the molecule is CC(C)CCC(C)N1CCNC(Cc2ccccc2)C1. The fraction of sp³-hybridized carbons (Fsp3) is 0.667. The Hall–Kier alpha value is -0.860. The Kier molecular flexibility index (Phi) is 6.06. The molecule has 0 bridgehead atoms. The standard InChI is InChI=1S/C18H30N2/c1-15(2)9-10-16(3)20-12-11-19-18(14-20)13-17-7-5-4-6-8-17/h4-8,15-16,18-19H,9-14H2,1-3H3. The normalized spacial score (nSPS) is 22.1. The number of nitrogens with one attached hydrogen (secondary N) is 1. The van der Waals surface area contributed by atoms with Crippen molar-refractivity contribution in [3.63, 3.8) is 0 Å². The van der Waals surface area contributed by atoms with Crippen molar-refractivity contribution in [1.82, 2.24) is 10.2 Å². The first-order chi connectivity index (χ1) is 9.65. The van der Waals surface area contributed by atoms with E-state index >= 15 is 0 Å². The molecular weight excluding hydrogens is 244 g/mol. The van der Waals surface area contributed by atoms with Gasteiger partial charge in [0.2, 0.25) is 0 Å². The molecule has 1 N–H and O–H groups in total. The third kappa shape index (κ3) is 4.92. The van der Waals surface area contributed by atoms with Crippen molar-refractivity contribution in [3.05, 3.63) is 35.9 Å². The summed E-state index contributed by atoms with van der Waals surface area (Å²) in [5.74, 6) is 0.820. The molecule has 0 aliphatic carbocycles. The maximum absolute atomic E-state index is 3.68. The summed E-state index contributed by atoms with van der Waals surface area (Å²) in [4.78, 5) is 2.67. The topological polar surface area (TPSA) is 15.3 Å². The first-order valence-corrected chi connectivity index (χ1v) is 8.16. The van der Waals surface area contributed by atoms with E-state index in [0.29, 0.717) is 6.04 Å². The van der Waals surface area contributed by atoms with Gasteiger partial charge in [-0.05, 0) is 37.7 Å². The summed E-state index contributed by atoms with van der Waals surface area (Å²) in [5.41, 5.74) is 1.45. The molecule has 0 amide bonds. The van der Waals surface area contributed by atoms with Gasteiger partial charge in [-0.3, -0.25) is 4.90 Å². The average Bonchev–Trinajstić information content (AvgIpc) is 2.46. The zero-order valence-corrected chi connectivity index (χ0v) is 13.3. The molecule has 1 saturated heterocycles. The summed E-state index contributed by atoms with van der Waals surface area (Å²) in [6.45, 7) is 10.6. The van der Waals surface area contributed by atoms with E-state index in [2.05, 4.69) is 61.3 Å². The molecule has 2 nitrogen and oxygen atoms in total. The molecule has 1 fully saturated rings. The lowest BCUT2D eigenvalue weighted by Gasteiger charge is -2.38. The zero-order valence-electron chi connectivity index (χ0n) is 13.3. The molecule has 1 aliphatic rings. The Balaban J connectivity index is 1.82. The summed E-state index contributed by atoms with van der Waals surface area (Å²) >= 11 is 0. The molecule has 20 heavy (non-hydrogen) atoms. The van der Waals surface area contributed by atoms with Crippen molar-refractivity contribution >= 4 is 0 Å². The Bertz CT molecular complexity index is 374. The highest BCUT2D eigenvalue weighted by atomic mass is 15.2. The van der Waals surface area contributed by atoms with Crippen LogP contribution < -0.4 is 5.32 Å². The van der Waals surface area contributed by atoms with Gasteiger partial charge in [0, 0.05) is 31.7 Å². The lowest BCUT2D eigenvalue weighted by molar-refractivity contribution is 0.142. The van der Waals surface area contributed by atoms with Gasteiger partial charge in [-0.25, -0.2) is 0 Å². The van der Waals surface area contributed by atoms with Crippen LogP contribution in [0.1, 0.15) is 39.2 Å². The Labute approximate surface area is 124 Å². The van der Waals surface area contributed by atoms with Crippen LogP contribution in [0.25, 0.3) is 0 Å². The highest BCUT2D eigenvalue weighted by molar-refractivity contribution is 5.16. The molecule has 112 valence electrons. The van der Waals surface area contributed by atoms with Crippen LogP contribution in [-0.2, 0) is 6.42 Å². The monoisotopic (exact) mass is 274 g/mol. The van der Waals surface area contributed by atoms with E-state index in [1.54, 1.807) is 0 Å². The third-order valence-corrected chi connectivity index (χ3v) is 4.40. The lowest BCUT2D eigenvalue weighted by Crippen LogP contribution is -2.54. The highest BCUT2D eigenvalue weighted by Crippen LogP contribution is 2.15. The molecule has 0 radical (unpaired) electrons. The predicted molar refractivity (Wildman–Crippen MR) is 87.0 cm³/mol. The minimum absolute atomic E-state index is 0.604. The highest BCUT2D eigenvalue weighted by Gasteiger charge is 2.23. The van der Waals surface area contributed by atoms with Gasteiger partial charge in [0.15, 0.2) is 0 Å². The Morgan fingerprint density at radius 1 is 1.15 bits per heavy atom. The van der Waals surface area contributed by atoms with Crippen LogP contribution in [0.5, 0.6) is 0 Å². The molecule has 1 heterocycles. The maximum Gasteiger partial charge on any atom is 0.0236 e. The number of hydrogen-bond donors (Lipinski definition) is 1. The van der Waals surface area contributed by atoms with Crippen LogP contribution in [0.4, 0.5) is 0 Å². The van der Waals surface area contributed by atoms with Crippen LogP contribution in [0.15, 0.2) is 30.3 Å². The van der Waals surface area contributed by atoms with Crippen molar-refractivity contribution in [3.8, 4) is 0 Å². The molecular formula is C18H30N2. The quantitative estimate of drug-likeness (QED) is 0.856. The van der Waals surface area contributed by atoms with Crippen LogP contribution in [0, 0.1) is 5.92 Å². The van der Waals surface area contributed by atoms with Gasteiger partial charge in [-0.2, -0.15) is 0 Å². The van der Waals surface area contributed by atoms with E-state index in [-0.39, 0.29) is 0 Å². The van der Waals surface area contributed by atoms with Crippen molar-refractivity contribution < 1.29 is 0 Å². The van der Waals surface area contributed by atoms with E-state index in [0.717, 1.165) is 24.9 Å². The third-order valence-electron chi connectivity index (χ3n) is 4.40. The Morgan fingerprint density at radius 2 is 1.90 bits per heavy atom. The van der Waals surface area contributed by atoms with Gasteiger partial charge in [-0.1, -0.05) is 44.2 Å². The summed E-state index contributed by atoms with van der Waals surface area (Å²) in [7, 11) is 0. The van der Waals surface area contributed by atoms with Gasteiger partial charge < -0.3 is 5.32 Å². The summed E-state index contributed by atoms with van der Waals surface area (Å²) in [5, 5.41) is 3.68. The number of rotatable bonds is 6. The van der Waals surface area contributed by atoms with Crippen LogP contribution >= 0.6 is 0 Å². The minimum Gasteiger partial charge on any atom is -0.311 e. The molecule has 1 aromatic carbocycles. The van der Waals surface area contributed by atoms with E-state index in [4.69, 9.17) is 0 Å². The summed E-state index contributed by atoms with van der Waals surface area (Å²) in [6.07, 6.45) is 3.82. The van der Waals surface area contributed by atoms with Gasteiger partial charge in [0.1, 0.15) is 0 Å². The number of piperazine rings is 1. The minimum atomic E-state index is 0.604. The zero-order chi connectivity index (χ0) is 14.4. The molecule has 0 spiro atoms. The Morgan fingerprint density at radius 3 is 2.60 bits per heavy atom. The fourth-order valence-electron chi connectivity index (χ4n) is 3.04. The van der Waals surface area contributed by atoms with Crippen LogP contribution in [-0.4, -0.2) is 36.6 Å². The van der Waals surface area contributed by atoms with Gasteiger partial charge in [0.25, 0.3) is 0 Å². The second-order valence-corrected chi connectivity index (χ2v) is 6.66. The largest absolute Gasteiger partial charge is 0.311 e. The summed E-state index contributed by atoms with van der Waals surface area (Å²) < 4.78 is 0. The predicted octanol–water partition coefficient (Wildman–Crippen LogP) is 3.33. The smallest absolute Gasteiger partial charge is 0.0236 e. The maximum atomic E-state index is 3.68. The van der Waals surface area contributed by atoms with Crippen LogP contribution in [0.2, 0.25) is 0 Å². The number of hydrogen-bond acceptors (Lipinski definition) is 2. The molecule has 0 aromatic heterocycles. The van der Waals surface area contributed by atoms with E-state index < -0.39 is 0 Å². The molecule has 1 aliphatic heterocycles. The van der Waals surface area contributed by atoms with Gasteiger partial charge in [0.05, 0.1) is 0 Å². The van der Waals surface area contributed by atoms with Crippen molar-refractivity contribution in [2.75, 3.05) is 19.6 Å². The van der Waals surface area contributed by atoms with Gasteiger partial charge >= 0.3 is 0 Å². The second-order valence-electron chi connectivity index (χ2n) is 6.66. The fourth-order valence-corrected chi connectivity index (χ4v) is 3.04. The average molecular weight is 274 g/mol. The van der Waals surface area contributed by atoms with E-state index in [1.165, 1.54) is 31.5 Å². The molecule has 2 heteroatoms. The van der Waals surface area contributed by atoms with E-state index in [9.17, 15) is 0 Å². The molecule has 2 rings (SSSR count). The van der Waals surface area contributed by atoms with Crippen molar-refractivity contribution in [1.29, 1.82) is 0 Å². The second kappa shape index (κ2) is 7.80. The van der Waals surface area contributed by atoms with Crippen molar-refractivity contribution in [2.45, 2.75) is 52.1 Å². The van der Waals surface area contributed by atoms with E-state index in [1.807, 2.05) is 0 Å². The van der Waals surface area contributed by atoms with Crippen molar-refractivity contribution in [2.24, 2.45) is 5.92 Å².